The second kappa shape index (κ2) is 5.94. The third-order valence-corrected chi connectivity index (χ3v) is 4.22. The van der Waals surface area contributed by atoms with E-state index in [-0.39, 0.29) is 6.04 Å². The van der Waals surface area contributed by atoms with E-state index in [1.807, 2.05) is 24.3 Å². The Balaban J connectivity index is 1.77. The number of halogens is 1. The molecule has 0 spiro atoms. The second-order valence-corrected chi connectivity index (χ2v) is 6.03. The minimum atomic E-state index is -0.0424. The molecule has 1 aliphatic rings. The summed E-state index contributed by atoms with van der Waals surface area (Å²) in [7, 11) is 0. The molecule has 2 N–H and O–H groups in total. The fourth-order valence-electron chi connectivity index (χ4n) is 2.69. The largest absolute Gasteiger partial charge is 0.493 e. The van der Waals surface area contributed by atoms with Crippen LogP contribution in [-0.4, -0.2) is 11.6 Å². The van der Waals surface area contributed by atoms with Crippen molar-refractivity contribution in [1.82, 2.24) is 4.98 Å². The highest BCUT2D eigenvalue weighted by Gasteiger charge is 2.23. The van der Waals surface area contributed by atoms with Gasteiger partial charge in [0.2, 0.25) is 0 Å². The Kier molecular flexibility index (Phi) is 4.03. The highest BCUT2D eigenvalue weighted by atomic mass is 79.9. The smallest absolute Gasteiger partial charge is 0.122 e. The predicted octanol–water partition coefficient (Wildman–Crippen LogP) is 3.80. The third kappa shape index (κ3) is 2.86. The number of benzene rings is 1. The van der Waals surface area contributed by atoms with Gasteiger partial charge in [0.05, 0.1) is 12.3 Å². The SMILES string of the molecule is NC(CC1CCOc2ccccc21)c1ccc(Br)cn1. The fraction of sp³-hybridized carbons (Fsp3) is 0.312. The van der Waals surface area contributed by atoms with Crippen molar-refractivity contribution in [3.05, 3.63) is 58.3 Å². The van der Waals surface area contributed by atoms with Crippen LogP contribution in [0, 0.1) is 0 Å². The Morgan fingerprint density at radius 3 is 2.95 bits per heavy atom. The van der Waals surface area contributed by atoms with E-state index in [0.717, 1.165) is 35.4 Å². The number of nitrogens with two attached hydrogens (primary N) is 1. The molecule has 4 heteroatoms. The van der Waals surface area contributed by atoms with Gasteiger partial charge in [-0.25, -0.2) is 0 Å². The first-order chi connectivity index (χ1) is 9.74. The van der Waals surface area contributed by atoms with E-state index in [0.29, 0.717) is 5.92 Å². The van der Waals surface area contributed by atoms with E-state index in [4.69, 9.17) is 10.5 Å². The maximum absolute atomic E-state index is 6.31. The van der Waals surface area contributed by atoms with Crippen molar-refractivity contribution in [3.8, 4) is 5.75 Å². The van der Waals surface area contributed by atoms with Crippen molar-refractivity contribution in [1.29, 1.82) is 0 Å². The minimum absolute atomic E-state index is 0.0424. The quantitative estimate of drug-likeness (QED) is 0.929. The molecule has 104 valence electrons. The average molecular weight is 333 g/mol. The van der Waals surface area contributed by atoms with Gasteiger partial charge in [0.15, 0.2) is 0 Å². The van der Waals surface area contributed by atoms with E-state index < -0.39 is 0 Å². The topological polar surface area (TPSA) is 48.1 Å². The van der Waals surface area contributed by atoms with E-state index in [2.05, 4.69) is 33.0 Å². The van der Waals surface area contributed by atoms with Gasteiger partial charge in [-0.15, -0.1) is 0 Å². The van der Waals surface area contributed by atoms with Crippen molar-refractivity contribution in [2.45, 2.75) is 24.8 Å². The summed E-state index contributed by atoms with van der Waals surface area (Å²) in [5.41, 5.74) is 8.53. The van der Waals surface area contributed by atoms with Crippen LogP contribution >= 0.6 is 15.9 Å². The first-order valence-electron chi connectivity index (χ1n) is 6.83. The maximum atomic E-state index is 6.31. The first kappa shape index (κ1) is 13.6. The molecule has 2 heterocycles. The molecule has 2 aromatic rings. The van der Waals surface area contributed by atoms with Gasteiger partial charge in [-0.2, -0.15) is 0 Å². The molecule has 0 amide bonds. The summed E-state index contributed by atoms with van der Waals surface area (Å²) in [4.78, 5) is 4.40. The molecule has 0 saturated carbocycles. The Bertz CT molecular complexity index is 585. The Labute approximate surface area is 127 Å². The third-order valence-electron chi connectivity index (χ3n) is 3.75. The molecule has 0 saturated heterocycles. The molecule has 0 fully saturated rings. The van der Waals surface area contributed by atoms with Gasteiger partial charge in [-0.05, 0) is 58.5 Å². The Hall–Kier alpha value is -1.39. The number of aromatic nitrogens is 1. The number of ether oxygens (including phenoxy) is 1. The van der Waals surface area contributed by atoms with Gasteiger partial charge in [-0.3, -0.25) is 4.98 Å². The molecule has 0 aliphatic carbocycles. The lowest BCUT2D eigenvalue weighted by Gasteiger charge is -2.27. The van der Waals surface area contributed by atoms with Gasteiger partial charge >= 0.3 is 0 Å². The van der Waals surface area contributed by atoms with Crippen molar-refractivity contribution in [2.75, 3.05) is 6.61 Å². The number of pyridine rings is 1. The number of hydrogen-bond acceptors (Lipinski definition) is 3. The zero-order valence-electron chi connectivity index (χ0n) is 11.1. The van der Waals surface area contributed by atoms with Crippen molar-refractivity contribution >= 4 is 15.9 Å². The van der Waals surface area contributed by atoms with Crippen LogP contribution in [0.4, 0.5) is 0 Å². The molecule has 1 aromatic carbocycles. The van der Waals surface area contributed by atoms with E-state index in [1.54, 1.807) is 6.20 Å². The summed E-state index contributed by atoms with van der Waals surface area (Å²) in [6, 6.07) is 12.2. The highest BCUT2D eigenvalue weighted by Crippen LogP contribution is 2.37. The van der Waals surface area contributed by atoms with Crippen LogP contribution < -0.4 is 10.5 Å². The van der Waals surface area contributed by atoms with Gasteiger partial charge in [0, 0.05) is 16.7 Å². The second-order valence-electron chi connectivity index (χ2n) is 5.12. The van der Waals surface area contributed by atoms with E-state index in [1.165, 1.54) is 5.56 Å². The zero-order chi connectivity index (χ0) is 13.9. The normalized spacial score (nSPS) is 19.0. The van der Waals surface area contributed by atoms with Gasteiger partial charge < -0.3 is 10.5 Å². The van der Waals surface area contributed by atoms with Crippen LogP contribution in [0.3, 0.4) is 0 Å². The molecule has 3 rings (SSSR count). The number of hydrogen-bond donors (Lipinski definition) is 1. The molecular formula is C16H17BrN2O. The summed E-state index contributed by atoms with van der Waals surface area (Å²) in [5, 5.41) is 0. The Morgan fingerprint density at radius 1 is 1.30 bits per heavy atom. The molecule has 1 aromatic heterocycles. The van der Waals surface area contributed by atoms with Crippen LogP contribution in [0.25, 0.3) is 0 Å². The lowest BCUT2D eigenvalue weighted by molar-refractivity contribution is 0.259. The number of para-hydroxylation sites is 1. The summed E-state index contributed by atoms with van der Waals surface area (Å²) in [5.74, 6) is 1.44. The van der Waals surface area contributed by atoms with Crippen LogP contribution in [0.15, 0.2) is 47.1 Å². The molecule has 3 nitrogen and oxygen atoms in total. The van der Waals surface area contributed by atoms with Crippen molar-refractivity contribution in [3.63, 3.8) is 0 Å². The molecule has 1 aliphatic heterocycles. The van der Waals surface area contributed by atoms with Gasteiger partial charge in [0.1, 0.15) is 5.75 Å². The summed E-state index contributed by atoms with van der Waals surface area (Å²) >= 11 is 3.39. The predicted molar refractivity (Wildman–Crippen MR) is 82.8 cm³/mol. The van der Waals surface area contributed by atoms with Crippen LogP contribution in [0.2, 0.25) is 0 Å². The summed E-state index contributed by atoms with van der Waals surface area (Å²) in [6.45, 7) is 0.766. The van der Waals surface area contributed by atoms with Crippen molar-refractivity contribution < 1.29 is 4.74 Å². The Morgan fingerprint density at radius 2 is 2.15 bits per heavy atom. The average Bonchev–Trinajstić information content (AvgIpc) is 2.48. The molecular weight excluding hydrogens is 316 g/mol. The molecule has 0 bridgehead atoms. The maximum Gasteiger partial charge on any atom is 0.122 e. The first-order valence-corrected chi connectivity index (χ1v) is 7.62. The van der Waals surface area contributed by atoms with Crippen LogP contribution in [0.5, 0.6) is 5.75 Å². The fourth-order valence-corrected chi connectivity index (χ4v) is 2.93. The van der Waals surface area contributed by atoms with Crippen molar-refractivity contribution in [2.24, 2.45) is 5.73 Å². The number of fused-ring (bicyclic) bond motifs is 1. The van der Waals surface area contributed by atoms with E-state index in [9.17, 15) is 0 Å². The number of rotatable bonds is 3. The van der Waals surface area contributed by atoms with Gasteiger partial charge in [0.25, 0.3) is 0 Å². The van der Waals surface area contributed by atoms with Crippen LogP contribution in [-0.2, 0) is 0 Å². The van der Waals surface area contributed by atoms with E-state index >= 15 is 0 Å². The monoisotopic (exact) mass is 332 g/mol. The lowest BCUT2D eigenvalue weighted by Crippen LogP contribution is -2.20. The molecule has 0 radical (unpaired) electrons. The molecule has 20 heavy (non-hydrogen) atoms. The lowest BCUT2D eigenvalue weighted by atomic mass is 9.87. The summed E-state index contributed by atoms with van der Waals surface area (Å²) < 4.78 is 6.67. The van der Waals surface area contributed by atoms with Gasteiger partial charge in [-0.1, -0.05) is 18.2 Å². The molecule has 2 unspecified atom stereocenters. The molecule has 2 atom stereocenters. The van der Waals surface area contributed by atoms with Crippen LogP contribution in [0.1, 0.15) is 36.1 Å². The zero-order valence-corrected chi connectivity index (χ0v) is 12.7. The number of nitrogens with zero attached hydrogens (tertiary/aromatic N) is 1. The minimum Gasteiger partial charge on any atom is -0.493 e. The standard InChI is InChI=1S/C16H17BrN2O/c17-12-5-6-15(19-10-12)14(18)9-11-7-8-20-16-4-2-1-3-13(11)16/h1-6,10-11,14H,7-9,18H2. The summed E-state index contributed by atoms with van der Waals surface area (Å²) in [6.07, 6.45) is 3.71. The highest BCUT2D eigenvalue weighted by molar-refractivity contribution is 9.10.